The van der Waals surface area contributed by atoms with E-state index in [4.69, 9.17) is 17.4 Å². The molecule has 0 saturated carbocycles. The highest BCUT2D eigenvalue weighted by atomic mass is 35.5. The minimum Gasteiger partial charge on any atom is -0.276 e. The van der Waals surface area contributed by atoms with Crippen molar-refractivity contribution in [3.8, 4) is 0 Å². The van der Waals surface area contributed by atoms with E-state index in [1.54, 1.807) is 4.68 Å². The highest BCUT2D eigenvalue weighted by molar-refractivity contribution is 6.17. The van der Waals surface area contributed by atoms with E-state index < -0.39 is 0 Å². The van der Waals surface area contributed by atoms with Crippen molar-refractivity contribution in [1.29, 1.82) is 0 Å². The van der Waals surface area contributed by atoms with Crippen molar-refractivity contribution in [2.45, 2.75) is 25.3 Å². The van der Waals surface area contributed by atoms with Crippen LogP contribution >= 0.6 is 11.6 Å². The summed E-state index contributed by atoms with van der Waals surface area (Å²) in [6.45, 7) is 0. The van der Waals surface area contributed by atoms with E-state index in [1.165, 1.54) is 5.56 Å². The van der Waals surface area contributed by atoms with Crippen molar-refractivity contribution in [1.82, 2.24) is 15.2 Å². The molecule has 80 valence electrons. The van der Waals surface area contributed by atoms with Crippen LogP contribution in [0.25, 0.3) is 0 Å². The summed E-state index contributed by atoms with van der Waals surface area (Å²) in [5.74, 6) is 6.13. The number of hydrogen-bond donors (Lipinski definition) is 2. The molecule has 0 radical (unpaired) electrons. The van der Waals surface area contributed by atoms with Gasteiger partial charge >= 0.3 is 0 Å². The second-order valence-electron chi connectivity index (χ2n) is 3.42. The maximum absolute atomic E-state index is 5.62. The second-order valence-corrected chi connectivity index (χ2v) is 3.80. The zero-order chi connectivity index (χ0) is 10.4. The van der Waals surface area contributed by atoms with E-state index in [0.717, 1.165) is 19.3 Å². The standard InChI is InChI=1S/C9H17ClN4/c1-14-7-8(6-12-14)5-9(13-11)3-2-4-10/h6-7,9,13H,2-5,11H2,1H3. The van der Waals surface area contributed by atoms with Gasteiger partial charge in [0.25, 0.3) is 0 Å². The maximum atomic E-state index is 5.62. The van der Waals surface area contributed by atoms with Crippen LogP contribution in [-0.2, 0) is 13.5 Å². The predicted octanol–water partition coefficient (Wildman–Crippen LogP) is 0.813. The van der Waals surface area contributed by atoms with E-state index in [0.29, 0.717) is 5.88 Å². The molecule has 0 saturated heterocycles. The smallest absolute Gasteiger partial charge is 0.0522 e. The molecular weight excluding hydrogens is 200 g/mol. The fraction of sp³-hybridized carbons (Fsp3) is 0.667. The molecule has 14 heavy (non-hydrogen) atoms. The zero-order valence-corrected chi connectivity index (χ0v) is 9.17. The summed E-state index contributed by atoms with van der Waals surface area (Å²) < 4.78 is 1.80. The Morgan fingerprint density at radius 2 is 2.50 bits per heavy atom. The Morgan fingerprint density at radius 1 is 1.71 bits per heavy atom. The van der Waals surface area contributed by atoms with Crippen LogP contribution in [0.3, 0.4) is 0 Å². The van der Waals surface area contributed by atoms with E-state index >= 15 is 0 Å². The third-order valence-electron chi connectivity index (χ3n) is 2.16. The first-order valence-corrected chi connectivity index (χ1v) is 5.29. The average molecular weight is 217 g/mol. The quantitative estimate of drug-likeness (QED) is 0.421. The van der Waals surface area contributed by atoms with E-state index in [9.17, 15) is 0 Å². The normalized spacial score (nSPS) is 13.1. The van der Waals surface area contributed by atoms with Crippen LogP contribution in [-0.4, -0.2) is 21.7 Å². The molecule has 0 aromatic carbocycles. The highest BCUT2D eigenvalue weighted by Crippen LogP contribution is 2.06. The number of nitrogens with one attached hydrogen (secondary N) is 1. The second kappa shape index (κ2) is 6.01. The van der Waals surface area contributed by atoms with Crippen LogP contribution in [0.1, 0.15) is 18.4 Å². The van der Waals surface area contributed by atoms with Gasteiger partial charge in [-0.25, -0.2) is 0 Å². The van der Waals surface area contributed by atoms with Gasteiger partial charge in [0, 0.05) is 25.2 Å². The first-order chi connectivity index (χ1) is 6.76. The molecule has 5 heteroatoms. The number of hydrogen-bond acceptors (Lipinski definition) is 3. The Morgan fingerprint density at radius 3 is 3.00 bits per heavy atom. The molecule has 4 nitrogen and oxygen atoms in total. The van der Waals surface area contributed by atoms with Gasteiger partial charge < -0.3 is 0 Å². The van der Waals surface area contributed by atoms with Gasteiger partial charge in [0.05, 0.1) is 6.20 Å². The Hall–Kier alpha value is -0.580. The Balaban J connectivity index is 2.40. The van der Waals surface area contributed by atoms with Crippen LogP contribution in [0.2, 0.25) is 0 Å². The lowest BCUT2D eigenvalue weighted by molar-refractivity contribution is 0.487. The van der Waals surface area contributed by atoms with Crippen LogP contribution in [0.5, 0.6) is 0 Å². The monoisotopic (exact) mass is 216 g/mol. The van der Waals surface area contributed by atoms with Gasteiger partial charge in [-0.1, -0.05) is 0 Å². The van der Waals surface area contributed by atoms with E-state index in [2.05, 4.69) is 10.5 Å². The molecule has 0 amide bonds. The molecule has 1 rings (SSSR count). The van der Waals surface area contributed by atoms with E-state index in [-0.39, 0.29) is 6.04 Å². The van der Waals surface area contributed by atoms with Gasteiger partial charge in [-0.3, -0.25) is 16.0 Å². The van der Waals surface area contributed by atoms with Crippen LogP contribution in [0.4, 0.5) is 0 Å². The highest BCUT2D eigenvalue weighted by Gasteiger charge is 2.08. The van der Waals surface area contributed by atoms with Crippen molar-refractivity contribution in [3.63, 3.8) is 0 Å². The minimum atomic E-state index is 0.290. The van der Waals surface area contributed by atoms with Crippen molar-refractivity contribution in [3.05, 3.63) is 18.0 Å². The molecule has 0 spiro atoms. The molecule has 0 bridgehead atoms. The van der Waals surface area contributed by atoms with Crippen LogP contribution in [0.15, 0.2) is 12.4 Å². The molecule has 1 aromatic rings. The number of alkyl halides is 1. The lowest BCUT2D eigenvalue weighted by Gasteiger charge is -2.13. The third kappa shape index (κ3) is 3.65. The summed E-state index contributed by atoms with van der Waals surface area (Å²) in [7, 11) is 1.91. The Labute approximate surface area is 89.4 Å². The number of hydrazine groups is 1. The molecule has 0 aliphatic rings. The number of nitrogens with zero attached hydrogens (tertiary/aromatic N) is 2. The molecule has 3 N–H and O–H groups in total. The molecular formula is C9H17ClN4. The summed E-state index contributed by atoms with van der Waals surface area (Å²) in [5.41, 5.74) is 4.00. The van der Waals surface area contributed by atoms with Crippen molar-refractivity contribution >= 4 is 11.6 Å². The Kier molecular flexibility index (Phi) is 4.93. The van der Waals surface area contributed by atoms with Gasteiger partial charge in [-0.05, 0) is 24.8 Å². The molecule has 1 unspecified atom stereocenters. The van der Waals surface area contributed by atoms with Crippen LogP contribution < -0.4 is 11.3 Å². The first kappa shape index (κ1) is 11.5. The van der Waals surface area contributed by atoms with E-state index in [1.807, 2.05) is 19.4 Å². The molecule has 0 fully saturated rings. The SMILES string of the molecule is Cn1cc(CC(CCCCl)NN)cn1. The number of aromatic nitrogens is 2. The summed E-state index contributed by atoms with van der Waals surface area (Å²) in [4.78, 5) is 0. The molecule has 1 aromatic heterocycles. The third-order valence-corrected chi connectivity index (χ3v) is 2.43. The zero-order valence-electron chi connectivity index (χ0n) is 8.41. The van der Waals surface area contributed by atoms with Gasteiger partial charge in [-0.15, -0.1) is 11.6 Å². The summed E-state index contributed by atoms with van der Waals surface area (Å²) in [6, 6.07) is 0.290. The first-order valence-electron chi connectivity index (χ1n) is 4.76. The summed E-state index contributed by atoms with van der Waals surface area (Å²) in [5, 5.41) is 4.11. The maximum Gasteiger partial charge on any atom is 0.0522 e. The molecule has 1 heterocycles. The van der Waals surface area contributed by atoms with Gasteiger partial charge in [-0.2, -0.15) is 5.10 Å². The molecule has 1 atom stereocenters. The molecule has 0 aliphatic carbocycles. The van der Waals surface area contributed by atoms with Gasteiger partial charge in [0.2, 0.25) is 0 Å². The summed E-state index contributed by atoms with van der Waals surface area (Å²) in [6.07, 6.45) is 6.75. The lowest BCUT2D eigenvalue weighted by Crippen LogP contribution is -2.36. The molecule has 0 aliphatic heterocycles. The number of nitrogens with two attached hydrogens (primary N) is 1. The number of aryl methyl sites for hydroxylation is 1. The fourth-order valence-corrected chi connectivity index (χ4v) is 1.58. The lowest BCUT2D eigenvalue weighted by atomic mass is 10.1. The predicted molar refractivity (Wildman–Crippen MR) is 58.0 cm³/mol. The topological polar surface area (TPSA) is 55.9 Å². The van der Waals surface area contributed by atoms with Crippen molar-refractivity contribution < 1.29 is 0 Å². The fourth-order valence-electron chi connectivity index (χ4n) is 1.43. The minimum absolute atomic E-state index is 0.290. The van der Waals surface area contributed by atoms with Crippen LogP contribution in [0, 0.1) is 0 Å². The van der Waals surface area contributed by atoms with Crippen molar-refractivity contribution in [2.24, 2.45) is 12.9 Å². The summed E-state index contributed by atoms with van der Waals surface area (Å²) >= 11 is 5.62. The van der Waals surface area contributed by atoms with Gasteiger partial charge in [0.1, 0.15) is 0 Å². The Bertz CT molecular complexity index is 261. The van der Waals surface area contributed by atoms with Crippen molar-refractivity contribution in [2.75, 3.05) is 5.88 Å². The number of rotatable bonds is 6. The average Bonchev–Trinajstić information content (AvgIpc) is 2.58. The largest absolute Gasteiger partial charge is 0.276 e. The number of halogens is 1. The van der Waals surface area contributed by atoms with Gasteiger partial charge in [0.15, 0.2) is 0 Å².